The second kappa shape index (κ2) is 8.72. The molecular weight excluding hydrogens is 250 g/mol. The zero-order chi connectivity index (χ0) is 15.0. The second-order valence-corrected chi connectivity index (χ2v) is 5.46. The maximum Gasteiger partial charge on any atom is 0.129 e. The van der Waals surface area contributed by atoms with Crippen LogP contribution in [-0.2, 0) is 6.54 Å². The Morgan fingerprint density at radius 3 is 2.80 bits per heavy atom. The molecule has 0 radical (unpaired) electrons. The average Bonchev–Trinajstić information content (AvgIpc) is 2.37. The molecule has 0 bridgehead atoms. The van der Waals surface area contributed by atoms with Crippen LogP contribution in [0.2, 0.25) is 0 Å². The topological polar surface area (TPSA) is 48.4 Å². The van der Waals surface area contributed by atoms with E-state index in [1.807, 2.05) is 17.9 Å². The SMILES string of the molecule is C=CCN(CCO)c1cc(CNCC(C)C)cc(C)n1. The van der Waals surface area contributed by atoms with Crippen molar-refractivity contribution in [1.82, 2.24) is 10.3 Å². The number of nitrogens with zero attached hydrogens (tertiary/aromatic N) is 2. The molecule has 1 heterocycles. The quantitative estimate of drug-likeness (QED) is 0.679. The van der Waals surface area contributed by atoms with Crippen LogP contribution >= 0.6 is 0 Å². The first kappa shape index (κ1) is 16.7. The van der Waals surface area contributed by atoms with Crippen LogP contribution in [0, 0.1) is 12.8 Å². The summed E-state index contributed by atoms with van der Waals surface area (Å²) in [5.74, 6) is 1.55. The Kier molecular flexibility index (Phi) is 7.26. The van der Waals surface area contributed by atoms with Crippen molar-refractivity contribution in [3.05, 3.63) is 36.0 Å². The summed E-state index contributed by atoms with van der Waals surface area (Å²) in [5, 5.41) is 12.6. The van der Waals surface area contributed by atoms with E-state index in [-0.39, 0.29) is 6.61 Å². The molecule has 0 amide bonds. The third-order valence-corrected chi connectivity index (χ3v) is 2.92. The van der Waals surface area contributed by atoms with Crippen LogP contribution in [0.5, 0.6) is 0 Å². The molecule has 4 nitrogen and oxygen atoms in total. The van der Waals surface area contributed by atoms with Gasteiger partial charge >= 0.3 is 0 Å². The Labute approximate surface area is 122 Å². The number of aliphatic hydroxyl groups is 1. The summed E-state index contributed by atoms with van der Waals surface area (Å²) in [4.78, 5) is 6.59. The van der Waals surface area contributed by atoms with Crippen molar-refractivity contribution in [2.24, 2.45) is 5.92 Å². The first-order valence-corrected chi connectivity index (χ1v) is 7.21. The zero-order valence-corrected chi connectivity index (χ0v) is 12.9. The van der Waals surface area contributed by atoms with E-state index in [9.17, 15) is 0 Å². The number of rotatable bonds is 9. The van der Waals surface area contributed by atoms with Crippen LogP contribution in [-0.4, -0.2) is 36.3 Å². The van der Waals surface area contributed by atoms with E-state index in [0.717, 1.165) is 24.6 Å². The number of hydrogen-bond donors (Lipinski definition) is 2. The van der Waals surface area contributed by atoms with Gasteiger partial charge in [-0.15, -0.1) is 6.58 Å². The summed E-state index contributed by atoms with van der Waals surface area (Å²) >= 11 is 0. The zero-order valence-electron chi connectivity index (χ0n) is 12.9. The lowest BCUT2D eigenvalue weighted by atomic mass is 10.2. The summed E-state index contributed by atoms with van der Waals surface area (Å²) in [6, 6.07) is 4.18. The van der Waals surface area contributed by atoms with Crippen molar-refractivity contribution in [2.75, 3.05) is 31.1 Å². The molecule has 0 aliphatic rings. The van der Waals surface area contributed by atoms with Gasteiger partial charge < -0.3 is 15.3 Å². The van der Waals surface area contributed by atoms with Crippen molar-refractivity contribution < 1.29 is 5.11 Å². The predicted molar refractivity (Wildman–Crippen MR) is 85.0 cm³/mol. The van der Waals surface area contributed by atoms with Crippen LogP contribution in [0.25, 0.3) is 0 Å². The number of aromatic nitrogens is 1. The predicted octanol–water partition coefficient (Wildman–Crippen LogP) is 2.12. The average molecular weight is 277 g/mol. The van der Waals surface area contributed by atoms with Gasteiger partial charge in [0.25, 0.3) is 0 Å². The second-order valence-electron chi connectivity index (χ2n) is 5.46. The molecular formula is C16H27N3O. The summed E-state index contributed by atoms with van der Waals surface area (Å²) in [5.41, 5.74) is 2.22. The van der Waals surface area contributed by atoms with Gasteiger partial charge in [0.1, 0.15) is 5.82 Å². The highest BCUT2D eigenvalue weighted by Gasteiger charge is 2.08. The molecule has 0 spiro atoms. The number of pyridine rings is 1. The van der Waals surface area contributed by atoms with E-state index in [0.29, 0.717) is 19.0 Å². The molecule has 0 fully saturated rings. The van der Waals surface area contributed by atoms with Gasteiger partial charge in [-0.1, -0.05) is 19.9 Å². The monoisotopic (exact) mass is 277 g/mol. The van der Waals surface area contributed by atoms with Crippen LogP contribution in [0.15, 0.2) is 24.8 Å². The van der Waals surface area contributed by atoms with E-state index in [1.54, 1.807) is 0 Å². The first-order chi connectivity index (χ1) is 9.56. The van der Waals surface area contributed by atoms with E-state index in [4.69, 9.17) is 5.11 Å². The van der Waals surface area contributed by atoms with Gasteiger partial charge in [0.05, 0.1) is 6.61 Å². The fraction of sp³-hybridized carbons (Fsp3) is 0.562. The van der Waals surface area contributed by atoms with E-state index < -0.39 is 0 Å². The van der Waals surface area contributed by atoms with E-state index >= 15 is 0 Å². The molecule has 0 aliphatic heterocycles. The molecule has 0 atom stereocenters. The Morgan fingerprint density at radius 2 is 2.20 bits per heavy atom. The number of aliphatic hydroxyl groups excluding tert-OH is 1. The summed E-state index contributed by atoms with van der Waals surface area (Å²) < 4.78 is 0. The van der Waals surface area contributed by atoms with Crippen molar-refractivity contribution >= 4 is 5.82 Å². The molecule has 1 aromatic heterocycles. The van der Waals surface area contributed by atoms with Crippen molar-refractivity contribution in [2.45, 2.75) is 27.3 Å². The Balaban J connectivity index is 2.80. The van der Waals surface area contributed by atoms with Crippen LogP contribution in [0.4, 0.5) is 5.82 Å². The molecule has 0 aromatic carbocycles. The fourth-order valence-electron chi connectivity index (χ4n) is 2.07. The maximum absolute atomic E-state index is 9.15. The first-order valence-electron chi connectivity index (χ1n) is 7.21. The maximum atomic E-state index is 9.15. The lowest BCUT2D eigenvalue weighted by molar-refractivity contribution is 0.302. The number of nitrogens with one attached hydrogen (secondary N) is 1. The smallest absolute Gasteiger partial charge is 0.129 e. The van der Waals surface area contributed by atoms with Gasteiger partial charge in [-0.25, -0.2) is 4.98 Å². The highest BCUT2D eigenvalue weighted by molar-refractivity contribution is 5.43. The standard InChI is InChI=1S/C16H27N3O/c1-5-6-19(7-8-20)16-10-15(9-14(4)18-16)12-17-11-13(2)3/h5,9-10,13,17,20H,1,6-8,11-12H2,2-4H3. The van der Waals surface area contributed by atoms with Gasteiger partial charge in [-0.3, -0.25) is 0 Å². The summed E-state index contributed by atoms with van der Waals surface area (Å²) in [7, 11) is 0. The van der Waals surface area contributed by atoms with E-state index in [2.05, 4.69) is 42.9 Å². The van der Waals surface area contributed by atoms with Gasteiger partial charge in [0, 0.05) is 25.3 Å². The Bertz CT molecular complexity index is 418. The van der Waals surface area contributed by atoms with Crippen molar-refractivity contribution in [3.63, 3.8) is 0 Å². The molecule has 20 heavy (non-hydrogen) atoms. The lowest BCUT2D eigenvalue weighted by Gasteiger charge is -2.22. The molecule has 0 unspecified atom stereocenters. The number of hydrogen-bond acceptors (Lipinski definition) is 4. The Morgan fingerprint density at radius 1 is 1.45 bits per heavy atom. The fourth-order valence-corrected chi connectivity index (χ4v) is 2.07. The minimum atomic E-state index is 0.115. The molecule has 0 saturated heterocycles. The largest absolute Gasteiger partial charge is 0.395 e. The minimum absolute atomic E-state index is 0.115. The van der Waals surface area contributed by atoms with Gasteiger partial charge in [0.2, 0.25) is 0 Å². The van der Waals surface area contributed by atoms with Crippen molar-refractivity contribution in [3.8, 4) is 0 Å². The summed E-state index contributed by atoms with van der Waals surface area (Å²) in [6.07, 6.45) is 1.83. The lowest BCUT2D eigenvalue weighted by Crippen LogP contribution is -2.28. The van der Waals surface area contributed by atoms with Crippen LogP contribution in [0.3, 0.4) is 0 Å². The molecule has 112 valence electrons. The third-order valence-electron chi connectivity index (χ3n) is 2.92. The van der Waals surface area contributed by atoms with E-state index in [1.165, 1.54) is 5.56 Å². The Hall–Kier alpha value is -1.39. The van der Waals surface area contributed by atoms with Gasteiger partial charge in [-0.05, 0) is 37.1 Å². The molecule has 2 N–H and O–H groups in total. The highest BCUT2D eigenvalue weighted by Crippen LogP contribution is 2.15. The molecule has 0 saturated carbocycles. The normalized spacial score (nSPS) is 10.8. The molecule has 1 rings (SSSR count). The number of aryl methyl sites for hydroxylation is 1. The summed E-state index contributed by atoms with van der Waals surface area (Å²) in [6.45, 7) is 13.4. The van der Waals surface area contributed by atoms with Crippen LogP contribution < -0.4 is 10.2 Å². The third kappa shape index (κ3) is 5.72. The molecule has 1 aromatic rings. The molecule has 0 aliphatic carbocycles. The highest BCUT2D eigenvalue weighted by atomic mass is 16.3. The van der Waals surface area contributed by atoms with Gasteiger partial charge in [0.15, 0.2) is 0 Å². The molecule has 4 heteroatoms. The minimum Gasteiger partial charge on any atom is -0.395 e. The van der Waals surface area contributed by atoms with Gasteiger partial charge in [-0.2, -0.15) is 0 Å². The number of anilines is 1. The van der Waals surface area contributed by atoms with Crippen LogP contribution in [0.1, 0.15) is 25.1 Å². The van der Waals surface area contributed by atoms with Crippen molar-refractivity contribution in [1.29, 1.82) is 0 Å².